The molecule has 2 saturated carbocycles. The number of nitrogens with one attached hydrogen (secondary N) is 1. The second-order valence-corrected chi connectivity index (χ2v) is 5.63. The maximum absolute atomic E-state index is 12.4. The number of hydrogen-bond donors (Lipinski definition) is 1. The van der Waals surface area contributed by atoms with Crippen molar-refractivity contribution in [3.05, 3.63) is 34.9 Å². The lowest BCUT2D eigenvalue weighted by atomic mass is 9.64. The zero-order chi connectivity index (χ0) is 11.9. The van der Waals surface area contributed by atoms with Crippen molar-refractivity contribution in [2.75, 3.05) is 0 Å². The summed E-state index contributed by atoms with van der Waals surface area (Å²) in [5.41, 5.74) is 0.780. The summed E-state index contributed by atoms with van der Waals surface area (Å²) in [6.07, 6.45) is 5.30. The van der Waals surface area contributed by atoms with Gasteiger partial charge in [-0.15, -0.1) is 0 Å². The van der Waals surface area contributed by atoms with Gasteiger partial charge in [-0.1, -0.05) is 30.2 Å². The summed E-state index contributed by atoms with van der Waals surface area (Å²) in [5.74, 6) is 0.202. The van der Waals surface area contributed by atoms with Crippen LogP contribution in [0.25, 0.3) is 0 Å². The van der Waals surface area contributed by atoms with Crippen LogP contribution in [0.5, 0.6) is 0 Å². The fraction of sp³-hybridized carbons (Fsp3) is 0.500. The van der Waals surface area contributed by atoms with Crippen LogP contribution in [0.2, 0.25) is 5.02 Å². The molecule has 1 aromatic carbocycles. The number of amides is 1. The van der Waals surface area contributed by atoms with Crippen molar-refractivity contribution < 1.29 is 4.79 Å². The van der Waals surface area contributed by atoms with Crippen LogP contribution < -0.4 is 5.32 Å². The van der Waals surface area contributed by atoms with E-state index in [0.717, 1.165) is 37.7 Å². The number of carbonyl (C=O) groups excluding carboxylic acids is 1. The SMILES string of the molecule is O=C(NC1CC1)C1(c2cccc(Cl)c2)CCC1. The van der Waals surface area contributed by atoms with Crippen molar-refractivity contribution in [2.24, 2.45) is 0 Å². The molecule has 2 aliphatic rings. The molecule has 2 aliphatic carbocycles. The molecule has 0 bridgehead atoms. The van der Waals surface area contributed by atoms with Crippen molar-refractivity contribution in [3.63, 3.8) is 0 Å². The average molecular weight is 250 g/mol. The fourth-order valence-electron chi connectivity index (χ4n) is 2.51. The van der Waals surface area contributed by atoms with Gasteiger partial charge in [-0.25, -0.2) is 0 Å². The molecule has 2 nitrogen and oxygen atoms in total. The number of hydrogen-bond acceptors (Lipinski definition) is 1. The van der Waals surface area contributed by atoms with Crippen LogP contribution in [-0.4, -0.2) is 11.9 Å². The maximum atomic E-state index is 12.4. The first-order valence-corrected chi connectivity index (χ1v) is 6.65. The molecule has 17 heavy (non-hydrogen) atoms. The van der Waals surface area contributed by atoms with E-state index in [1.807, 2.05) is 24.3 Å². The second-order valence-electron chi connectivity index (χ2n) is 5.19. The Hall–Kier alpha value is -1.02. The lowest BCUT2D eigenvalue weighted by Crippen LogP contribution is -2.49. The zero-order valence-electron chi connectivity index (χ0n) is 9.71. The topological polar surface area (TPSA) is 29.1 Å². The van der Waals surface area contributed by atoms with Gasteiger partial charge in [-0.3, -0.25) is 4.79 Å². The molecular weight excluding hydrogens is 234 g/mol. The Balaban J connectivity index is 1.87. The Bertz CT molecular complexity index is 449. The van der Waals surface area contributed by atoms with Crippen molar-refractivity contribution >= 4 is 17.5 Å². The minimum atomic E-state index is -0.298. The van der Waals surface area contributed by atoms with Crippen LogP contribution in [0.3, 0.4) is 0 Å². The summed E-state index contributed by atoms with van der Waals surface area (Å²) in [6, 6.07) is 8.18. The van der Waals surface area contributed by atoms with Crippen molar-refractivity contribution in [2.45, 2.75) is 43.6 Å². The molecule has 0 radical (unpaired) electrons. The van der Waals surface area contributed by atoms with E-state index in [-0.39, 0.29) is 11.3 Å². The van der Waals surface area contributed by atoms with E-state index in [1.54, 1.807) is 0 Å². The zero-order valence-corrected chi connectivity index (χ0v) is 10.5. The highest BCUT2D eigenvalue weighted by Crippen LogP contribution is 2.45. The molecule has 0 saturated heterocycles. The van der Waals surface area contributed by atoms with Crippen molar-refractivity contribution in [3.8, 4) is 0 Å². The number of rotatable bonds is 3. The van der Waals surface area contributed by atoms with E-state index in [2.05, 4.69) is 5.32 Å². The van der Waals surface area contributed by atoms with E-state index in [0.29, 0.717) is 11.1 Å². The van der Waals surface area contributed by atoms with Gasteiger partial charge in [0, 0.05) is 11.1 Å². The molecule has 3 rings (SSSR count). The molecule has 0 aliphatic heterocycles. The highest BCUT2D eigenvalue weighted by molar-refractivity contribution is 6.30. The van der Waals surface area contributed by atoms with Crippen molar-refractivity contribution in [1.82, 2.24) is 5.32 Å². The Morgan fingerprint density at radius 3 is 2.65 bits per heavy atom. The fourth-order valence-corrected chi connectivity index (χ4v) is 2.70. The Labute approximate surface area is 106 Å². The average Bonchev–Trinajstić information content (AvgIpc) is 3.00. The third-order valence-electron chi connectivity index (χ3n) is 3.93. The summed E-state index contributed by atoms with van der Waals surface area (Å²) in [5, 5.41) is 3.85. The minimum Gasteiger partial charge on any atom is -0.353 e. The third kappa shape index (κ3) is 1.95. The number of carbonyl (C=O) groups is 1. The highest BCUT2D eigenvalue weighted by atomic mass is 35.5. The molecule has 2 fully saturated rings. The van der Waals surface area contributed by atoms with Gasteiger partial charge in [-0.05, 0) is 43.4 Å². The van der Waals surface area contributed by atoms with E-state index < -0.39 is 0 Å². The van der Waals surface area contributed by atoms with Gasteiger partial charge in [0.15, 0.2) is 0 Å². The van der Waals surface area contributed by atoms with Gasteiger partial charge in [0.2, 0.25) is 5.91 Å². The molecule has 0 spiro atoms. The van der Waals surface area contributed by atoms with Crippen LogP contribution in [0.15, 0.2) is 24.3 Å². The van der Waals surface area contributed by atoms with Crippen LogP contribution in [0, 0.1) is 0 Å². The maximum Gasteiger partial charge on any atom is 0.230 e. The second kappa shape index (κ2) is 4.02. The Morgan fingerprint density at radius 1 is 1.35 bits per heavy atom. The molecule has 0 unspecified atom stereocenters. The predicted molar refractivity (Wildman–Crippen MR) is 68.1 cm³/mol. The normalized spacial score (nSPS) is 21.7. The van der Waals surface area contributed by atoms with E-state index >= 15 is 0 Å². The van der Waals surface area contributed by atoms with E-state index in [9.17, 15) is 4.79 Å². The molecule has 1 aromatic rings. The van der Waals surface area contributed by atoms with E-state index in [4.69, 9.17) is 11.6 Å². The van der Waals surface area contributed by atoms with Crippen LogP contribution in [0.4, 0.5) is 0 Å². The molecule has 90 valence electrons. The standard InChI is InChI=1S/C14H16ClNO/c15-11-4-1-3-10(9-11)14(7-2-8-14)13(17)16-12-5-6-12/h1,3-4,9,12H,2,5-8H2,(H,16,17). The lowest BCUT2D eigenvalue weighted by molar-refractivity contribution is -0.130. The van der Waals surface area contributed by atoms with Gasteiger partial charge >= 0.3 is 0 Å². The smallest absolute Gasteiger partial charge is 0.230 e. The first-order valence-electron chi connectivity index (χ1n) is 6.28. The van der Waals surface area contributed by atoms with Crippen LogP contribution in [-0.2, 0) is 10.2 Å². The van der Waals surface area contributed by atoms with Gasteiger partial charge in [-0.2, -0.15) is 0 Å². The summed E-state index contributed by atoms with van der Waals surface area (Å²) in [7, 11) is 0. The molecule has 3 heteroatoms. The summed E-state index contributed by atoms with van der Waals surface area (Å²) < 4.78 is 0. The Kier molecular flexibility index (Phi) is 2.62. The van der Waals surface area contributed by atoms with Gasteiger partial charge < -0.3 is 5.32 Å². The minimum absolute atomic E-state index is 0.202. The Morgan fingerprint density at radius 2 is 2.12 bits per heavy atom. The van der Waals surface area contributed by atoms with Gasteiger partial charge in [0.05, 0.1) is 5.41 Å². The van der Waals surface area contributed by atoms with E-state index in [1.165, 1.54) is 0 Å². The molecule has 1 amide bonds. The van der Waals surface area contributed by atoms with Crippen molar-refractivity contribution in [1.29, 1.82) is 0 Å². The first kappa shape index (κ1) is 11.1. The summed E-state index contributed by atoms with van der Waals surface area (Å²) in [4.78, 5) is 12.4. The molecular formula is C14H16ClNO. The summed E-state index contributed by atoms with van der Waals surface area (Å²) in [6.45, 7) is 0. The van der Waals surface area contributed by atoms with Gasteiger partial charge in [0.25, 0.3) is 0 Å². The highest BCUT2D eigenvalue weighted by Gasteiger charge is 2.46. The molecule has 1 N–H and O–H groups in total. The molecule has 0 atom stereocenters. The molecule has 0 heterocycles. The predicted octanol–water partition coefficient (Wildman–Crippen LogP) is 3.04. The molecule has 0 aromatic heterocycles. The number of halogens is 1. The van der Waals surface area contributed by atoms with Gasteiger partial charge in [0.1, 0.15) is 0 Å². The largest absolute Gasteiger partial charge is 0.353 e. The van der Waals surface area contributed by atoms with Crippen LogP contribution >= 0.6 is 11.6 Å². The van der Waals surface area contributed by atoms with Crippen LogP contribution in [0.1, 0.15) is 37.7 Å². The summed E-state index contributed by atoms with van der Waals surface area (Å²) >= 11 is 6.02. The number of benzene rings is 1. The quantitative estimate of drug-likeness (QED) is 0.877. The monoisotopic (exact) mass is 249 g/mol. The third-order valence-corrected chi connectivity index (χ3v) is 4.17. The first-order chi connectivity index (χ1) is 8.21. The lowest BCUT2D eigenvalue weighted by Gasteiger charge is -2.40.